The van der Waals surface area contributed by atoms with Gasteiger partial charge in [-0.15, -0.1) is 0 Å². The molecule has 0 fully saturated rings. The average molecular weight is 269 g/mol. The number of benzene rings is 1. The molecule has 0 aliphatic heterocycles. The minimum Gasteiger partial charge on any atom is -0.388 e. The van der Waals surface area contributed by atoms with Gasteiger partial charge in [0.25, 0.3) is 5.91 Å². The third-order valence-corrected chi connectivity index (χ3v) is 3.23. The lowest BCUT2D eigenvalue weighted by Crippen LogP contribution is -2.28. The molecule has 0 saturated carbocycles. The van der Waals surface area contributed by atoms with Gasteiger partial charge >= 0.3 is 0 Å². The number of amides is 1. The molecule has 0 saturated heterocycles. The first kappa shape index (κ1) is 14.1. The summed E-state index contributed by atoms with van der Waals surface area (Å²) in [5, 5.41) is 3.04. The fraction of sp³-hybridized carbons (Fsp3) is 0.250. The van der Waals surface area contributed by atoms with Crippen LogP contribution in [-0.2, 0) is 6.42 Å². The van der Waals surface area contributed by atoms with Crippen LogP contribution in [0.1, 0.15) is 15.9 Å². The van der Waals surface area contributed by atoms with Crippen LogP contribution in [0.2, 0.25) is 0 Å². The molecule has 4 heteroatoms. The molecule has 104 valence electrons. The molecule has 4 nitrogen and oxygen atoms in total. The molecule has 1 N–H and O–H groups in total. The summed E-state index contributed by atoms with van der Waals surface area (Å²) >= 11 is 0. The molecular formula is C16H19N3O. The summed E-state index contributed by atoms with van der Waals surface area (Å²) in [6.07, 6.45) is 4.37. The van der Waals surface area contributed by atoms with Crippen LogP contribution >= 0.6 is 0 Å². The van der Waals surface area contributed by atoms with Gasteiger partial charge in [-0.2, -0.15) is 0 Å². The molecule has 0 bridgehead atoms. The number of anilines is 1. The van der Waals surface area contributed by atoms with Crippen molar-refractivity contribution in [2.24, 2.45) is 0 Å². The number of carbonyl (C=O) groups is 1. The molecule has 0 atom stereocenters. The Balaban J connectivity index is 1.98. The van der Waals surface area contributed by atoms with Gasteiger partial charge in [-0.05, 0) is 42.3 Å². The Labute approximate surface area is 119 Å². The van der Waals surface area contributed by atoms with Gasteiger partial charge in [0, 0.05) is 44.3 Å². The highest BCUT2D eigenvalue weighted by atomic mass is 16.2. The number of hydrogen-bond donors (Lipinski definition) is 1. The fourth-order valence-corrected chi connectivity index (χ4v) is 1.98. The highest BCUT2D eigenvalue weighted by Crippen LogP contribution is 2.12. The van der Waals surface area contributed by atoms with E-state index in [1.165, 1.54) is 5.56 Å². The van der Waals surface area contributed by atoms with Crippen LogP contribution in [0.3, 0.4) is 0 Å². The van der Waals surface area contributed by atoms with Crippen molar-refractivity contribution in [3.8, 4) is 0 Å². The van der Waals surface area contributed by atoms with Crippen LogP contribution in [0.5, 0.6) is 0 Å². The second kappa shape index (κ2) is 6.70. The molecule has 0 aliphatic carbocycles. The molecule has 1 heterocycles. The Hall–Kier alpha value is -2.36. The minimum atomic E-state index is 0.0381. The summed E-state index contributed by atoms with van der Waals surface area (Å²) in [5.41, 5.74) is 2.83. The van der Waals surface area contributed by atoms with Crippen molar-refractivity contribution in [2.45, 2.75) is 6.42 Å². The van der Waals surface area contributed by atoms with Crippen molar-refractivity contribution in [3.05, 3.63) is 59.9 Å². The van der Waals surface area contributed by atoms with Crippen molar-refractivity contribution in [1.29, 1.82) is 0 Å². The van der Waals surface area contributed by atoms with Crippen LogP contribution in [0.4, 0.5) is 5.69 Å². The first-order valence-electron chi connectivity index (χ1n) is 6.63. The van der Waals surface area contributed by atoms with Gasteiger partial charge < -0.3 is 10.2 Å². The molecule has 1 aromatic heterocycles. The van der Waals surface area contributed by atoms with Crippen molar-refractivity contribution >= 4 is 11.6 Å². The Morgan fingerprint density at radius 2 is 2.00 bits per heavy atom. The molecule has 20 heavy (non-hydrogen) atoms. The van der Waals surface area contributed by atoms with Crippen LogP contribution in [-0.4, -0.2) is 36.4 Å². The number of carbonyl (C=O) groups excluding carboxylic acids is 1. The monoisotopic (exact) mass is 269 g/mol. The molecule has 2 rings (SSSR count). The highest BCUT2D eigenvalue weighted by Gasteiger charge is 2.11. The Morgan fingerprint density at radius 3 is 2.70 bits per heavy atom. The summed E-state index contributed by atoms with van der Waals surface area (Å²) in [7, 11) is 3.67. The van der Waals surface area contributed by atoms with Gasteiger partial charge in [-0.25, -0.2) is 0 Å². The number of rotatable bonds is 5. The van der Waals surface area contributed by atoms with E-state index < -0.39 is 0 Å². The zero-order chi connectivity index (χ0) is 14.4. The zero-order valence-electron chi connectivity index (χ0n) is 11.8. The van der Waals surface area contributed by atoms with E-state index in [2.05, 4.69) is 10.3 Å². The summed E-state index contributed by atoms with van der Waals surface area (Å²) in [6.45, 7) is 0.687. The third-order valence-electron chi connectivity index (χ3n) is 3.23. The highest BCUT2D eigenvalue weighted by molar-refractivity contribution is 5.94. The van der Waals surface area contributed by atoms with Gasteiger partial charge in [0.1, 0.15) is 0 Å². The fourth-order valence-electron chi connectivity index (χ4n) is 1.98. The van der Waals surface area contributed by atoms with Gasteiger partial charge in [0.15, 0.2) is 0 Å². The second-order valence-corrected chi connectivity index (χ2v) is 4.66. The van der Waals surface area contributed by atoms with E-state index in [1.54, 1.807) is 17.3 Å². The number of nitrogens with zero attached hydrogens (tertiary/aromatic N) is 2. The lowest BCUT2D eigenvalue weighted by atomic mass is 10.1. The maximum absolute atomic E-state index is 12.3. The number of hydrogen-bond acceptors (Lipinski definition) is 3. The third kappa shape index (κ3) is 3.57. The van der Waals surface area contributed by atoms with Crippen molar-refractivity contribution in [3.63, 3.8) is 0 Å². The van der Waals surface area contributed by atoms with E-state index >= 15 is 0 Å². The van der Waals surface area contributed by atoms with E-state index in [-0.39, 0.29) is 5.91 Å². The van der Waals surface area contributed by atoms with E-state index in [1.807, 2.05) is 50.5 Å². The number of nitrogens with one attached hydrogen (secondary N) is 1. The molecule has 0 radical (unpaired) electrons. The molecule has 1 aromatic carbocycles. The minimum absolute atomic E-state index is 0.0381. The maximum atomic E-state index is 12.3. The predicted octanol–water partition coefficient (Wildman–Crippen LogP) is 2.44. The lowest BCUT2D eigenvalue weighted by molar-refractivity contribution is 0.0796. The van der Waals surface area contributed by atoms with Crippen LogP contribution < -0.4 is 5.32 Å². The summed E-state index contributed by atoms with van der Waals surface area (Å²) in [6, 6.07) is 11.5. The summed E-state index contributed by atoms with van der Waals surface area (Å²) < 4.78 is 0. The average Bonchev–Trinajstić information content (AvgIpc) is 2.53. The first-order valence-corrected chi connectivity index (χ1v) is 6.63. The van der Waals surface area contributed by atoms with Crippen LogP contribution in [0.25, 0.3) is 0 Å². The Morgan fingerprint density at radius 1 is 1.25 bits per heavy atom. The second-order valence-electron chi connectivity index (χ2n) is 4.66. The standard InChI is InChI=1S/C16H19N3O/c1-17-15-5-3-4-14(12-15)16(20)19(2)11-8-13-6-9-18-10-7-13/h3-7,9-10,12,17H,8,11H2,1-2H3. The van der Waals surface area contributed by atoms with E-state index in [4.69, 9.17) is 0 Å². The van der Waals surface area contributed by atoms with E-state index in [0.29, 0.717) is 12.1 Å². The van der Waals surface area contributed by atoms with E-state index in [9.17, 15) is 4.79 Å². The zero-order valence-corrected chi connectivity index (χ0v) is 11.8. The normalized spacial score (nSPS) is 10.1. The molecular weight excluding hydrogens is 250 g/mol. The van der Waals surface area contributed by atoms with Crippen molar-refractivity contribution in [1.82, 2.24) is 9.88 Å². The molecule has 1 amide bonds. The number of likely N-dealkylation sites (N-methyl/N-ethyl adjacent to an activating group) is 1. The SMILES string of the molecule is CNc1cccc(C(=O)N(C)CCc2ccncc2)c1. The van der Waals surface area contributed by atoms with Crippen molar-refractivity contribution in [2.75, 3.05) is 26.0 Å². The van der Waals surface area contributed by atoms with Gasteiger partial charge in [-0.3, -0.25) is 9.78 Å². The molecule has 0 spiro atoms. The number of aromatic nitrogens is 1. The van der Waals surface area contributed by atoms with Crippen LogP contribution in [0, 0.1) is 0 Å². The van der Waals surface area contributed by atoms with Gasteiger partial charge in [0.05, 0.1) is 0 Å². The Bertz CT molecular complexity index is 569. The maximum Gasteiger partial charge on any atom is 0.253 e. The molecule has 2 aromatic rings. The van der Waals surface area contributed by atoms with Crippen LogP contribution in [0.15, 0.2) is 48.8 Å². The topological polar surface area (TPSA) is 45.2 Å². The number of pyridine rings is 1. The largest absolute Gasteiger partial charge is 0.388 e. The van der Waals surface area contributed by atoms with Gasteiger partial charge in [0.2, 0.25) is 0 Å². The predicted molar refractivity (Wildman–Crippen MR) is 80.9 cm³/mol. The van der Waals surface area contributed by atoms with Crippen molar-refractivity contribution < 1.29 is 4.79 Å². The Kier molecular flexibility index (Phi) is 4.71. The molecule has 0 aliphatic rings. The summed E-state index contributed by atoms with van der Waals surface area (Å²) in [5.74, 6) is 0.0381. The summed E-state index contributed by atoms with van der Waals surface area (Å²) in [4.78, 5) is 18.1. The van der Waals surface area contributed by atoms with Gasteiger partial charge in [-0.1, -0.05) is 6.07 Å². The lowest BCUT2D eigenvalue weighted by Gasteiger charge is -2.17. The van der Waals surface area contributed by atoms with E-state index in [0.717, 1.165) is 12.1 Å². The first-order chi connectivity index (χ1) is 9.70. The quantitative estimate of drug-likeness (QED) is 0.906. The molecule has 0 unspecified atom stereocenters. The smallest absolute Gasteiger partial charge is 0.253 e.